The van der Waals surface area contributed by atoms with Gasteiger partial charge in [-0.25, -0.2) is 4.98 Å². The van der Waals surface area contributed by atoms with Crippen LogP contribution in [0.3, 0.4) is 0 Å². The van der Waals surface area contributed by atoms with Gasteiger partial charge in [0, 0.05) is 21.7 Å². The second-order valence-electron chi connectivity index (χ2n) is 3.16. The molecular weight excluding hydrogens is 260 g/mol. The third kappa shape index (κ3) is 3.14. The van der Waals surface area contributed by atoms with Crippen LogP contribution >= 0.6 is 34.7 Å². The van der Waals surface area contributed by atoms with Crippen molar-refractivity contribution < 1.29 is 0 Å². The molecular formula is C11H11ClN2S2. The second kappa shape index (κ2) is 5.57. The summed E-state index contributed by atoms with van der Waals surface area (Å²) in [6, 6.07) is 8.36. The Hall–Kier alpha value is -0.710. The normalized spacial score (nSPS) is 10.4. The molecule has 1 heterocycles. The average Bonchev–Trinajstić information content (AvgIpc) is 2.73. The first-order valence-corrected chi connectivity index (χ1v) is 7.18. The van der Waals surface area contributed by atoms with E-state index in [1.54, 1.807) is 18.0 Å². The van der Waals surface area contributed by atoms with Crippen molar-refractivity contribution in [1.29, 1.82) is 0 Å². The number of aromatic nitrogens is 1. The minimum atomic E-state index is 0.592. The third-order valence-corrected chi connectivity index (χ3v) is 3.94. The van der Waals surface area contributed by atoms with Gasteiger partial charge >= 0.3 is 0 Å². The van der Waals surface area contributed by atoms with Crippen LogP contribution in [0.1, 0.15) is 4.88 Å². The van der Waals surface area contributed by atoms with Crippen molar-refractivity contribution in [3.05, 3.63) is 39.8 Å². The molecule has 0 unspecified atom stereocenters. The summed E-state index contributed by atoms with van der Waals surface area (Å²) in [5.74, 6) is 0. The minimum Gasteiger partial charge on any atom is -0.380 e. The molecule has 1 aromatic heterocycles. The molecule has 0 saturated heterocycles. The Morgan fingerprint density at radius 1 is 1.38 bits per heavy atom. The molecule has 1 aromatic carbocycles. The van der Waals surface area contributed by atoms with Crippen molar-refractivity contribution in [2.45, 2.75) is 11.4 Å². The van der Waals surface area contributed by atoms with Gasteiger partial charge in [-0.3, -0.25) is 0 Å². The smallest absolute Gasteiger partial charge is 0.183 e. The monoisotopic (exact) mass is 270 g/mol. The van der Waals surface area contributed by atoms with E-state index in [2.05, 4.69) is 40.8 Å². The quantitative estimate of drug-likeness (QED) is 0.846. The molecule has 0 bridgehead atoms. The fourth-order valence-corrected chi connectivity index (χ4v) is 2.59. The Kier molecular flexibility index (Phi) is 4.09. The highest BCUT2D eigenvalue weighted by molar-refractivity contribution is 7.98. The summed E-state index contributed by atoms with van der Waals surface area (Å²) >= 11 is 9.00. The van der Waals surface area contributed by atoms with E-state index in [1.165, 1.54) is 16.2 Å². The van der Waals surface area contributed by atoms with Crippen molar-refractivity contribution in [2.24, 2.45) is 0 Å². The van der Waals surface area contributed by atoms with E-state index >= 15 is 0 Å². The molecule has 5 heteroatoms. The van der Waals surface area contributed by atoms with Gasteiger partial charge in [-0.15, -0.1) is 23.1 Å². The number of nitrogens with zero attached hydrogens (tertiary/aromatic N) is 1. The predicted molar refractivity (Wildman–Crippen MR) is 72.7 cm³/mol. The topological polar surface area (TPSA) is 24.9 Å². The zero-order valence-electron chi connectivity index (χ0n) is 8.74. The number of thioether (sulfide) groups is 1. The Balaban J connectivity index is 1.94. The molecule has 0 aliphatic rings. The van der Waals surface area contributed by atoms with Gasteiger partial charge in [0.25, 0.3) is 0 Å². The molecule has 0 atom stereocenters. The first-order chi connectivity index (χ1) is 7.78. The van der Waals surface area contributed by atoms with E-state index in [-0.39, 0.29) is 0 Å². The molecule has 0 radical (unpaired) electrons. The third-order valence-electron chi connectivity index (χ3n) is 2.08. The number of rotatable bonds is 4. The Morgan fingerprint density at radius 2 is 2.12 bits per heavy atom. The zero-order valence-corrected chi connectivity index (χ0v) is 11.1. The van der Waals surface area contributed by atoms with Gasteiger partial charge in [0.15, 0.2) is 4.47 Å². The Labute approximate surface area is 108 Å². The van der Waals surface area contributed by atoms with E-state index in [0.29, 0.717) is 4.47 Å². The number of thiazole rings is 1. The summed E-state index contributed by atoms with van der Waals surface area (Å²) in [6.45, 7) is 0.767. The van der Waals surface area contributed by atoms with Crippen LogP contribution in [-0.4, -0.2) is 11.2 Å². The van der Waals surface area contributed by atoms with Crippen molar-refractivity contribution in [1.82, 2.24) is 4.98 Å². The van der Waals surface area contributed by atoms with Crippen molar-refractivity contribution in [2.75, 3.05) is 11.6 Å². The maximum Gasteiger partial charge on any atom is 0.183 e. The van der Waals surface area contributed by atoms with Gasteiger partial charge in [0.1, 0.15) is 0 Å². The highest BCUT2D eigenvalue weighted by Gasteiger charge is 1.99. The number of hydrogen-bond donors (Lipinski definition) is 1. The highest BCUT2D eigenvalue weighted by atomic mass is 35.5. The molecule has 0 fully saturated rings. The van der Waals surface area contributed by atoms with Crippen LogP contribution in [0.4, 0.5) is 5.69 Å². The number of halogens is 1. The second-order valence-corrected chi connectivity index (χ2v) is 5.74. The number of hydrogen-bond acceptors (Lipinski definition) is 4. The molecule has 2 nitrogen and oxygen atoms in total. The lowest BCUT2D eigenvalue weighted by molar-refractivity contribution is 1.17. The summed E-state index contributed by atoms with van der Waals surface area (Å²) in [7, 11) is 0. The van der Waals surface area contributed by atoms with Gasteiger partial charge in [-0.2, -0.15) is 0 Å². The summed E-state index contributed by atoms with van der Waals surface area (Å²) < 4.78 is 0.592. The van der Waals surface area contributed by atoms with Crippen LogP contribution in [0.2, 0.25) is 4.47 Å². The summed E-state index contributed by atoms with van der Waals surface area (Å²) in [5.41, 5.74) is 1.11. The van der Waals surface area contributed by atoms with E-state index in [1.807, 2.05) is 0 Å². The maximum atomic E-state index is 5.76. The van der Waals surface area contributed by atoms with Crippen molar-refractivity contribution in [3.8, 4) is 0 Å². The van der Waals surface area contributed by atoms with Crippen LogP contribution in [0.15, 0.2) is 35.4 Å². The predicted octanol–water partition coefficient (Wildman–Crippen LogP) is 4.13. The fourth-order valence-electron chi connectivity index (χ4n) is 1.26. The summed E-state index contributed by atoms with van der Waals surface area (Å²) in [6.07, 6.45) is 3.87. The highest BCUT2D eigenvalue weighted by Crippen LogP contribution is 2.20. The Morgan fingerprint density at radius 3 is 2.69 bits per heavy atom. The number of anilines is 1. The largest absolute Gasteiger partial charge is 0.380 e. The van der Waals surface area contributed by atoms with Gasteiger partial charge in [-0.05, 0) is 30.5 Å². The van der Waals surface area contributed by atoms with Crippen molar-refractivity contribution >= 4 is 40.4 Å². The Bertz CT molecular complexity index is 453. The van der Waals surface area contributed by atoms with Gasteiger partial charge in [0.05, 0.1) is 6.54 Å². The zero-order chi connectivity index (χ0) is 11.4. The molecule has 1 N–H and O–H groups in total. The molecule has 2 rings (SSSR count). The fraction of sp³-hybridized carbons (Fsp3) is 0.182. The molecule has 84 valence electrons. The standard InChI is InChI=1S/C11H11ClN2S2/c1-15-9-4-2-8(3-5-9)13-6-10-7-14-11(12)16-10/h2-5,7,13H,6H2,1H3. The van der Waals surface area contributed by atoms with Crippen LogP contribution in [0, 0.1) is 0 Å². The molecule has 0 saturated carbocycles. The molecule has 2 aromatic rings. The van der Waals surface area contributed by atoms with E-state index in [4.69, 9.17) is 11.6 Å². The lowest BCUT2D eigenvalue weighted by atomic mass is 10.3. The molecule has 0 spiro atoms. The number of benzene rings is 1. The van der Waals surface area contributed by atoms with E-state index < -0.39 is 0 Å². The SMILES string of the molecule is CSc1ccc(NCc2cnc(Cl)s2)cc1. The van der Waals surface area contributed by atoms with Crippen molar-refractivity contribution in [3.63, 3.8) is 0 Å². The van der Waals surface area contributed by atoms with Gasteiger partial charge in [0.2, 0.25) is 0 Å². The molecule has 16 heavy (non-hydrogen) atoms. The average molecular weight is 271 g/mol. The lowest BCUT2D eigenvalue weighted by Gasteiger charge is -2.04. The minimum absolute atomic E-state index is 0.592. The first-order valence-electron chi connectivity index (χ1n) is 4.76. The first kappa shape index (κ1) is 11.8. The van der Waals surface area contributed by atoms with Crippen LogP contribution < -0.4 is 5.32 Å². The number of nitrogens with one attached hydrogen (secondary N) is 1. The van der Waals surface area contributed by atoms with Crippen LogP contribution in [0.25, 0.3) is 0 Å². The summed E-state index contributed by atoms with van der Waals surface area (Å²) in [4.78, 5) is 6.40. The van der Waals surface area contributed by atoms with Gasteiger partial charge < -0.3 is 5.32 Å². The summed E-state index contributed by atoms with van der Waals surface area (Å²) in [5, 5.41) is 3.33. The lowest BCUT2D eigenvalue weighted by Crippen LogP contribution is -1.96. The van der Waals surface area contributed by atoms with Gasteiger partial charge in [-0.1, -0.05) is 11.6 Å². The molecule has 0 aliphatic carbocycles. The van der Waals surface area contributed by atoms with Crippen LogP contribution in [0.5, 0.6) is 0 Å². The van der Waals surface area contributed by atoms with E-state index in [0.717, 1.165) is 17.1 Å². The molecule has 0 aliphatic heterocycles. The molecule has 0 amide bonds. The maximum absolute atomic E-state index is 5.76. The van der Waals surface area contributed by atoms with E-state index in [9.17, 15) is 0 Å². The van der Waals surface area contributed by atoms with Crippen LogP contribution in [-0.2, 0) is 6.54 Å².